The van der Waals surface area contributed by atoms with Crippen LogP contribution >= 0.6 is 11.3 Å². The normalized spacial score (nSPS) is 14.7. The number of ether oxygens (including phenoxy) is 1. The van der Waals surface area contributed by atoms with Crippen LogP contribution in [0.5, 0.6) is 5.88 Å². The Morgan fingerprint density at radius 2 is 2.26 bits per heavy atom. The van der Waals surface area contributed by atoms with Crippen molar-refractivity contribution in [3.05, 3.63) is 28.9 Å². The second kappa shape index (κ2) is 5.71. The van der Waals surface area contributed by atoms with Crippen molar-refractivity contribution in [3.8, 4) is 28.2 Å². The van der Waals surface area contributed by atoms with E-state index in [0.717, 1.165) is 30.2 Å². The number of likely N-dealkylation sites (N-methyl/N-ethyl adjacent to an activating group) is 1. The molecule has 3 aromatic heterocycles. The molecule has 0 bridgehead atoms. The lowest BCUT2D eigenvalue weighted by atomic mass is 10.2. The van der Waals surface area contributed by atoms with Crippen molar-refractivity contribution >= 4 is 11.3 Å². The first kappa shape index (κ1) is 14.3. The second-order valence-corrected chi connectivity index (χ2v) is 6.44. The molecule has 0 spiro atoms. The average molecular weight is 329 g/mol. The van der Waals surface area contributed by atoms with E-state index in [9.17, 15) is 0 Å². The zero-order valence-electron chi connectivity index (χ0n) is 12.8. The SMILES string of the molecule is COc1ncccc1-c1noc(-c2nc3c(s2)CN(C)CC3)n1. The molecule has 0 atom stereocenters. The number of nitrogens with zero attached hydrogens (tertiary/aromatic N) is 5. The molecule has 23 heavy (non-hydrogen) atoms. The fourth-order valence-electron chi connectivity index (χ4n) is 2.56. The number of hydrogen-bond donors (Lipinski definition) is 0. The van der Waals surface area contributed by atoms with Crippen LogP contribution in [-0.2, 0) is 13.0 Å². The lowest BCUT2D eigenvalue weighted by Gasteiger charge is -2.20. The Balaban J connectivity index is 1.68. The third-order valence-corrected chi connectivity index (χ3v) is 4.81. The molecular weight excluding hydrogens is 314 g/mol. The number of rotatable bonds is 3. The number of fused-ring (bicyclic) bond motifs is 1. The first-order valence-electron chi connectivity index (χ1n) is 7.25. The molecule has 8 heteroatoms. The molecule has 118 valence electrons. The molecule has 0 fully saturated rings. The van der Waals surface area contributed by atoms with Crippen LogP contribution < -0.4 is 4.74 Å². The van der Waals surface area contributed by atoms with Gasteiger partial charge in [0.1, 0.15) is 0 Å². The van der Waals surface area contributed by atoms with Gasteiger partial charge in [-0.15, -0.1) is 11.3 Å². The van der Waals surface area contributed by atoms with Crippen molar-refractivity contribution < 1.29 is 9.26 Å². The molecule has 0 aromatic carbocycles. The molecule has 0 amide bonds. The minimum absolute atomic E-state index is 0.438. The molecule has 0 unspecified atom stereocenters. The monoisotopic (exact) mass is 329 g/mol. The predicted molar refractivity (Wildman–Crippen MR) is 85.2 cm³/mol. The standard InChI is InChI=1S/C15H15N5O2S/c1-20-7-5-10-11(8-20)23-15(17-10)14-18-12(19-22-14)9-4-3-6-16-13(9)21-2/h3-4,6H,5,7-8H2,1-2H3. The molecule has 0 N–H and O–H groups in total. The Kier molecular flexibility index (Phi) is 3.55. The van der Waals surface area contributed by atoms with Gasteiger partial charge in [0.2, 0.25) is 11.7 Å². The van der Waals surface area contributed by atoms with E-state index >= 15 is 0 Å². The fourth-order valence-corrected chi connectivity index (χ4v) is 3.67. The summed E-state index contributed by atoms with van der Waals surface area (Å²) in [5.41, 5.74) is 1.84. The number of aromatic nitrogens is 4. The van der Waals surface area contributed by atoms with Gasteiger partial charge in [-0.1, -0.05) is 5.16 Å². The van der Waals surface area contributed by atoms with Crippen LogP contribution in [0, 0.1) is 0 Å². The van der Waals surface area contributed by atoms with Crippen LogP contribution in [0.4, 0.5) is 0 Å². The summed E-state index contributed by atoms with van der Waals surface area (Å²) < 4.78 is 10.6. The van der Waals surface area contributed by atoms with Crippen LogP contribution in [0.15, 0.2) is 22.9 Å². The molecule has 0 saturated heterocycles. The minimum atomic E-state index is 0.438. The van der Waals surface area contributed by atoms with Gasteiger partial charge in [0.05, 0.1) is 18.4 Å². The zero-order chi connectivity index (χ0) is 15.8. The molecule has 1 aliphatic heterocycles. The first-order valence-corrected chi connectivity index (χ1v) is 8.07. The third kappa shape index (κ3) is 2.60. The Morgan fingerprint density at radius 3 is 3.13 bits per heavy atom. The zero-order valence-corrected chi connectivity index (χ0v) is 13.6. The van der Waals surface area contributed by atoms with Gasteiger partial charge in [-0.3, -0.25) is 0 Å². The van der Waals surface area contributed by atoms with Crippen molar-refractivity contribution in [2.75, 3.05) is 20.7 Å². The molecule has 4 rings (SSSR count). The smallest absolute Gasteiger partial charge is 0.287 e. The predicted octanol–water partition coefficient (Wildman–Crippen LogP) is 2.25. The maximum absolute atomic E-state index is 5.40. The van der Waals surface area contributed by atoms with Crippen molar-refractivity contribution in [1.29, 1.82) is 0 Å². The second-order valence-electron chi connectivity index (χ2n) is 5.36. The minimum Gasteiger partial charge on any atom is -0.480 e. The van der Waals surface area contributed by atoms with Gasteiger partial charge in [-0.05, 0) is 19.2 Å². The molecule has 1 aliphatic rings. The van der Waals surface area contributed by atoms with Crippen molar-refractivity contribution in [2.45, 2.75) is 13.0 Å². The maximum atomic E-state index is 5.40. The molecule has 0 radical (unpaired) electrons. The molecule has 3 aromatic rings. The van der Waals surface area contributed by atoms with Gasteiger partial charge in [0.15, 0.2) is 5.01 Å². The van der Waals surface area contributed by atoms with E-state index in [-0.39, 0.29) is 0 Å². The maximum Gasteiger partial charge on any atom is 0.287 e. The fraction of sp³-hybridized carbons (Fsp3) is 0.333. The van der Waals surface area contributed by atoms with Crippen LogP contribution in [0.3, 0.4) is 0 Å². The average Bonchev–Trinajstić information content (AvgIpc) is 3.20. The first-order chi connectivity index (χ1) is 11.2. The van der Waals surface area contributed by atoms with E-state index in [1.54, 1.807) is 24.6 Å². The third-order valence-electron chi connectivity index (χ3n) is 3.74. The van der Waals surface area contributed by atoms with E-state index in [4.69, 9.17) is 9.26 Å². The number of hydrogen-bond acceptors (Lipinski definition) is 8. The van der Waals surface area contributed by atoms with Gasteiger partial charge in [0.25, 0.3) is 5.89 Å². The number of pyridine rings is 1. The lowest BCUT2D eigenvalue weighted by Crippen LogP contribution is -2.25. The van der Waals surface area contributed by atoms with Crippen molar-refractivity contribution in [3.63, 3.8) is 0 Å². The molecule has 4 heterocycles. The van der Waals surface area contributed by atoms with Gasteiger partial charge in [-0.2, -0.15) is 4.98 Å². The summed E-state index contributed by atoms with van der Waals surface area (Å²) in [5, 5.41) is 4.81. The topological polar surface area (TPSA) is 77.2 Å². The summed E-state index contributed by atoms with van der Waals surface area (Å²) in [6.07, 6.45) is 2.62. The van der Waals surface area contributed by atoms with E-state index in [1.165, 1.54) is 4.88 Å². The molecular formula is C15H15N5O2S. The van der Waals surface area contributed by atoms with E-state index < -0.39 is 0 Å². The Bertz CT molecular complexity index is 844. The van der Waals surface area contributed by atoms with Crippen LogP contribution in [0.2, 0.25) is 0 Å². The van der Waals surface area contributed by atoms with Gasteiger partial charge in [-0.25, -0.2) is 9.97 Å². The number of methoxy groups -OCH3 is 1. The van der Waals surface area contributed by atoms with E-state index in [2.05, 4.69) is 32.1 Å². The summed E-state index contributed by atoms with van der Waals surface area (Å²) in [6, 6.07) is 3.66. The molecule has 0 aliphatic carbocycles. The van der Waals surface area contributed by atoms with Crippen molar-refractivity contribution in [1.82, 2.24) is 25.0 Å². The summed E-state index contributed by atoms with van der Waals surface area (Å²) >= 11 is 1.61. The number of thiazole rings is 1. The van der Waals surface area contributed by atoms with Gasteiger partial charge in [0, 0.05) is 30.6 Å². The Hall–Kier alpha value is -2.32. The van der Waals surface area contributed by atoms with Crippen LogP contribution in [0.25, 0.3) is 22.3 Å². The Labute approximate surface area is 137 Å². The lowest BCUT2D eigenvalue weighted by molar-refractivity contribution is 0.314. The highest BCUT2D eigenvalue weighted by molar-refractivity contribution is 7.15. The summed E-state index contributed by atoms with van der Waals surface area (Å²) in [7, 11) is 3.68. The highest BCUT2D eigenvalue weighted by Gasteiger charge is 2.22. The summed E-state index contributed by atoms with van der Waals surface area (Å²) in [5.74, 6) is 1.36. The van der Waals surface area contributed by atoms with Gasteiger partial charge < -0.3 is 14.2 Å². The highest BCUT2D eigenvalue weighted by Crippen LogP contribution is 2.32. The van der Waals surface area contributed by atoms with E-state index in [0.29, 0.717) is 23.2 Å². The van der Waals surface area contributed by atoms with Crippen molar-refractivity contribution in [2.24, 2.45) is 0 Å². The summed E-state index contributed by atoms with van der Waals surface area (Å²) in [6.45, 7) is 1.95. The molecule has 7 nitrogen and oxygen atoms in total. The van der Waals surface area contributed by atoms with Crippen LogP contribution in [0.1, 0.15) is 10.6 Å². The molecule has 0 saturated carbocycles. The quantitative estimate of drug-likeness (QED) is 0.729. The Morgan fingerprint density at radius 1 is 1.35 bits per heavy atom. The van der Waals surface area contributed by atoms with E-state index in [1.807, 2.05) is 12.1 Å². The summed E-state index contributed by atoms with van der Waals surface area (Å²) in [4.78, 5) is 16.8. The van der Waals surface area contributed by atoms with Crippen LogP contribution in [-0.4, -0.2) is 45.7 Å². The highest BCUT2D eigenvalue weighted by atomic mass is 32.1. The largest absolute Gasteiger partial charge is 0.480 e. The van der Waals surface area contributed by atoms with Gasteiger partial charge >= 0.3 is 0 Å².